The molecule has 0 spiro atoms. The number of fused-ring (bicyclic) bond motifs is 1. The van der Waals surface area contributed by atoms with Gasteiger partial charge in [0, 0.05) is 22.3 Å². The topological polar surface area (TPSA) is 50.4 Å². The van der Waals surface area contributed by atoms with Crippen molar-refractivity contribution in [1.82, 2.24) is 14.6 Å². The van der Waals surface area contributed by atoms with Gasteiger partial charge in [0.2, 0.25) is 5.88 Å². The average molecular weight is 383 g/mol. The summed E-state index contributed by atoms with van der Waals surface area (Å²) < 4.78 is 28.6. The smallest absolute Gasteiger partial charge is 0.215 e. The van der Waals surface area contributed by atoms with Crippen molar-refractivity contribution in [3.63, 3.8) is 0 Å². The zero-order valence-corrected chi connectivity index (χ0v) is 15.2. The molecule has 0 aliphatic rings. The molecule has 2 aromatic carbocycles. The van der Waals surface area contributed by atoms with Gasteiger partial charge in [0.05, 0.1) is 11.4 Å². The van der Waals surface area contributed by atoms with Crippen molar-refractivity contribution in [3.8, 4) is 17.0 Å². The molecule has 0 unspecified atom stereocenters. The molecule has 27 heavy (non-hydrogen) atoms. The fraction of sp³-hybridized carbons (Fsp3) is 0.100. The molecular weight excluding hydrogens is 368 g/mol. The van der Waals surface area contributed by atoms with Crippen LogP contribution in [0.25, 0.3) is 16.8 Å². The van der Waals surface area contributed by atoms with Crippen LogP contribution in [0.4, 0.5) is 8.78 Å². The molecule has 2 heterocycles. The first-order valence-electron chi connectivity index (χ1n) is 8.25. The molecule has 0 aliphatic carbocycles. The highest BCUT2D eigenvalue weighted by molar-refractivity contribution is 7.98. The molecule has 0 saturated carbocycles. The third kappa shape index (κ3) is 3.26. The van der Waals surface area contributed by atoms with Crippen molar-refractivity contribution in [3.05, 3.63) is 77.6 Å². The molecule has 4 aromatic rings. The number of aryl methyl sites for hydroxylation is 1. The first kappa shape index (κ1) is 17.5. The Balaban J connectivity index is 1.73. The predicted octanol–water partition coefficient (Wildman–Crippen LogP) is 4.98. The van der Waals surface area contributed by atoms with Gasteiger partial charge < -0.3 is 5.11 Å². The summed E-state index contributed by atoms with van der Waals surface area (Å²) in [5.74, 6) is -1.54. The predicted molar refractivity (Wildman–Crippen MR) is 101 cm³/mol. The number of benzene rings is 2. The Morgan fingerprint density at radius 1 is 1.07 bits per heavy atom. The Kier molecular flexibility index (Phi) is 4.53. The largest absolute Gasteiger partial charge is 0.493 e. The fourth-order valence-electron chi connectivity index (χ4n) is 2.92. The zero-order valence-electron chi connectivity index (χ0n) is 14.4. The lowest BCUT2D eigenvalue weighted by Gasteiger charge is -2.06. The third-order valence-electron chi connectivity index (χ3n) is 4.15. The highest BCUT2D eigenvalue weighted by Crippen LogP contribution is 2.31. The van der Waals surface area contributed by atoms with E-state index in [1.807, 2.05) is 37.3 Å². The van der Waals surface area contributed by atoms with Gasteiger partial charge in [-0.25, -0.2) is 13.8 Å². The Hall–Kier alpha value is -2.93. The first-order chi connectivity index (χ1) is 13.0. The maximum absolute atomic E-state index is 13.8. The summed E-state index contributed by atoms with van der Waals surface area (Å²) in [5, 5.41) is 14.7. The molecule has 0 bridgehead atoms. The van der Waals surface area contributed by atoms with E-state index in [0.29, 0.717) is 11.3 Å². The van der Waals surface area contributed by atoms with Gasteiger partial charge >= 0.3 is 0 Å². The monoisotopic (exact) mass is 383 g/mol. The van der Waals surface area contributed by atoms with Gasteiger partial charge in [0.1, 0.15) is 0 Å². The highest BCUT2D eigenvalue weighted by Gasteiger charge is 2.17. The van der Waals surface area contributed by atoms with Crippen molar-refractivity contribution in [2.45, 2.75) is 17.6 Å². The molecule has 0 fully saturated rings. The van der Waals surface area contributed by atoms with Crippen LogP contribution >= 0.6 is 11.8 Å². The summed E-state index contributed by atoms with van der Waals surface area (Å²) in [4.78, 5) is 4.80. The second-order valence-corrected chi connectivity index (χ2v) is 7.03. The molecule has 136 valence electrons. The van der Waals surface area contributed by atoms with E-state index in [0.717, 1.165) is 34.6 Å². The standard InChI is InChI=1S/C20H15F2N3OS/c1-12-18(13-6-3-2-4-7-13)20-23-14(10-17(26)25(20)24-12)11-27-16-9-5-8-15(21)19(16)22/h2-10,26H,11H2,1H3. The van der Waals surface area contributed by atoms with Crippen LogP contribution in [0.2, 0.25) is 0 Å². The van der Waals surface area contributed by atoms with E-state index < -0.39 is 11.6 Å². The summed E-state index contributed by atoms with van der Waals surface area (Å²) in [6.07, 6.45) is 0. The van der Waals surface area contributed by atoms with E-state index in [1.54, 1.807) is 0 Å². The summed E-state index contributed by atoms with van der Waals surface area (Å²) in [5.41, 5.74) is 3.58. The van der Waals surface area contributed by atoms with E-state index in [9.17, 15) is 13.9 Å². The number of hydrogen-bond acceptors (Lipinski definition) is 4. The molecule has 0 radical (unpaired) electrons. The van der Waals surface area contributed by atoms with Crippen LogP contribution in [0.15, 0.2) is 59.5 Å². The van der Waals surface area contributed by atoms with Gasteiger partial charge in [0.15, 0.2) is 17.3 Å². The molecule has 4 nitrogen and oxygen atoms in total. The van der Waals surface area contributed by atoms with Crippen LogP contribution in [-0.4, -0.2) is 19.7 Å². The van der Waals surface area contributed by atoms with Crippen molar-refractivity contribution in [1.29, 1.82) is 0 Å². The summed E-state index contributed by atoms with van der Waals surface area (Å²) in [6, 6.07) is 15.2. The van der Waals surface area contributed by atoms with Crippen LogP contribution in [0.1, 0.15) is 11.4 Å². The second-order valence-electron chi connectivity index (χ2n) is 6.01. The minimum atomic E-state index is -0.885. The maximum Gasteiger partial charge on any atom is 0.215 e. The molecule has 0 aliphatic heterocycles. The van der Waals surface area contributed by atoms with E-state index in [4.69, 9.17) is 0 Å². The number of nitrogens with zero attached hydrogens (tertiary/aromatic N) is 3. The summed E-state index contributed by atoms with van der Waals surface area (Å²) >= 11 is 1.12. The first-order valence-corrected chi connectivity index (χ1v) is 9.23. The Morgan fingerprint density at radius 3 is 2.63 bits per heavy atom. The van der Waals surface area contributed by atoms with Gasteiger partial charge in [0.25, 0.3) is 0 Å². The lowest BCUT2D eigenvalue weighted by atomic mass is 10.1. The lowest BCUT2D eigenvalue weighted by molar-refractivity contribution is 0.434. The number of rotatable bonds is 4. The van der Waals surface area contributed by atoms with Gasteiger partial charge in [-0.15, -0.1) is 11.8 Å². The number of aromatic nitrogens is 3. The van der Waals surface area contributed by atoms with Crippen LogP contribution in [0.3, 0.4) is 0 Å². The molecule has 7 heteroatoms. The second kappa shape index (κ2) is 7.00. The number of thioether (sulfide) groups is 1. The fourth-order valence-corrected chi connectivity index (χ4v) is 3.77. The maximum atomic E-state index is 13.8. The van der Waals surface area contributed by atoms with Gasteiger partial charge in [-0.1, -0.05) is 36.4 Å². The van der Waals surface area contributed by atoms with E-state index in [2.05, 4.69) is 10.1 Å². The van der Waals surface area contributed by atoms with Crippen molar-refractivity contribution < 1.29 is 13.9 Å². The molecule has 0 saturated heterocycles. The van der Waals surface area contributed by atoms with E-state index in [-0.39, 0.29) is 16.5 Å². The summed E-state index contributed by atoms with van der Waals surface area (Å²) in [6.45, 7) is 1.85. The van der Waals surface area contributed by atoms with Crippen molar-refractivity contribution in [2.24, 2.45) is 0 Å². The lowest BCUT2D eigenvalue weighted by Crippen LogP contribution is -1.97. The van der Waals surface area contributed by atoms with Gasteiger partial charge in [-0.2, -0.15) is 9.61 Å². The molecule has 4 rings (SSSR count). The highest BCUT2D eigenvalue weighted by atomic mass is 32.2. The Bertz CT molecular complexity index is 1130. The van der Waals surface area contributed by atoms with Crippen molar-refractivity contribution in [2.75, 3.05) is 0 Å². The Morgan fingerprint density at radius 2 is 1.85 bits per heavy atom. The molecule has 2 aromatic heterocycles. The van der Waals surface area contributed by atoms with Crippen molar-refractivity contribution >= 4 is 17.4 Å². The minimum Gasteiger partial charge on any atom is -0.493 e. The number of hydrogen-bond donors (Lipinski definition) is 1. The molecular formula is C20H15F2N3OS. The molecule has 0 amide bonds. The third-order valence-corrected chi connectivity index (χ3v) is 5.22. The number of halogens is 2. The summed E-state index contributed by atoms with van der Waals surface area (Å²) in [7, 11) is 0. The zero-order chi connectivity index (χ0) is 19.0. The van der Waals surface area contributed by atoms with Gasteiger partial charge in [-0.3, -0.25) is 0 Å². The molecule has 0 atom stereocenters. The quantitative estimate of drug-likeness (QED) is 0.505. The molecule has 1 N–H and O–H groups in total. The van der Waals surface area contributed by atoms with Crippen LogP contribution < -0.4 is 0 Å². The normalized spacial score (nSPS) is 11.2. The minimum absolute atomic E-state index is 0.0550. The van der Waals surface area contributed by atoms with Crippen LogP contribution in [0, 0.1) is 18.6 Å². The van der Waals surface area contributed by atoms with E-state index >= 15 is 0 Å². The SMILES string of the molecule is Cc1nn2c(O)cc(CSc3cccc(F)c3F)nc2c1-c1ccccc1. The van der Waals surface area contributed by atoms with Gasteiger partial charge in [-0.05, 0) is 24.6 Å². The Labute approximate surface area is 158 Å². The number of aromatic hydroxyl groups is 1. The van der Waals surface area contributed by atoms with Crippen LogP contribution in [0.5, 0.6) is 5.88 Å². The van der Waals surface area contributed by atoms with E-state index in [1.165, 1.54) is 22.7 Å². The van der Waals surface area contributed by atoms with Crippen LogP contribution in [-0.2, 0) is 5.75 Å². The average Bonchev–Trinajstić information content (AvgIpc) is 3.00.